The minimum Gasteiger partial charge on any atom is -0.491 e. The summed E-state index contributed by atoms with van der Waals surface area (Å²) >= 11 is 12.0. The standard InChI is InChI=1S/C11H13Cl2NO/c1-2-3-14-9-6-15-10-5-7(12)4-8(13)11(9)10/h4-5,9,14H,2-3,6H2,1H3. The van der Waals surface area contributed by atoms with Crippen molar-refractivity contribution in [1.82, 2.24) is 5.32 Å². The minimum absolute atomic E-state index is 0.199. The van der Waals surface area contributed by atoms with Gasteiger partial charge in [-0.2, -0.15) is 0 Å². The summed E-state index contributed by atoms with van der Waals surface area (Å²) in [6, 6.07) is 3.78. The van der Waals surface area contributed by atoms with Crippen LogP contribution < -0.4 is 10.1 Å². The van der Waals surface area contributed by atoms with Crippen LogP contribution in [0.1, 0.15) is 24.9 Å². The number of nitrogens with one attached hydrogen (secondary N) is 1. The van der Waals surface area contributed by atoms with Crippen LogP contribution in [0.2, 0.25) is 10.0 Å². The SMILES string of the molecule is CCCNC1COc2cc(Cl)cc(Cl)c21. The van der Waals surface area contributed by atoms with Crippen LogP contribution in [0.5, 0.6) is 5.75 Å². The van der Waals surface area contributed by atoms with Gasteiger partial charge < -0.3 is 10.1 Å². The molecule has 82 valence electrons. The molecule has 0 bridgehead atoms. The van der Waals surface area contributed by atoms with Gasteiger partial charge in [0.25, 0.3) is 0 Å². The Morgan fingerprint density at radius 2 is 2.27 bits per heavy atom. The van der Waals surface area contributed by atoms with Crippen LogP contribution in [0.25, 0.3) is 0 Å². The van der Waals surface area contributed by atoms with E-state index in [-0.39, 0.29) is 6.04 Å². The first-order chi connectivity index (χ1) is 7.22. The summed E-state index contributed by atoms with van der Waals surface area (Å²) in [5.74, 6) is 0.807. The fourth-order valence-electron chi connectivity index (χ4n) is 1.75. The summed E-state index contributed by atoms with van der Waals surface area (Å²) in [5.41, 5.74) is 1.04. The highest BCUT2D eigenvalue weighted by molar-refractivity contribution is 6.35. The van der Waals surface area contributed by atoms with E-state index in [1.807, 2.05) is 6.07 Å². The van der Waals surface area contributed by atoms with Gasteiger partial charge in [-0.1, -0.05) is 30.1 Å². The van der Waals surface area contributed by atoms with E-state index < -0.39 is 0 Å². The molecular weight excluding hydrogens is 233 g/mol. The molecule has 15 heavy (non-hydrogen) atoms. The summed E-state index contributed by atoms with van der Waals surface area (Å²) in [6.07, 6.45) is 1.09. The van der Waals surface area contributed by atoms with Gasteiger partial charge in [0.15, 0.2) is 0 Å². The molecule has 1 aromatic rings. The molecule has 2 nitrogen and oxygen atoms in total. The molecule has 0 radical (unpaired) electrons. The number of hydrogen-bond donors (Lipinski definition) is 1. The van der Waals surface area contributed by atoms with Gasteiger partial charge in [0.2, 0.25) is 0 Å². The number of rotatable bonds is 3. The van der Waals surface area contributed by atoms with E-state index in [1.54, 1.807) is 6.07 Å². The van der Waals surface area contributed by atoms with Crippen LogP contribution in [0.3, 0.4) is 0 Å². The highest BCUT2D eigenvalue weighted by atomic mass is 35.5. The highest BCUT2D eigenvalue weighted by Crippen LogP contribution is 2.39. The van der Waals surface area contributed by atoms with Gasteiger partial charge in [-0.05, 0) is 25.1 Å². The summed E-state index contributed by atoms with van der Waals surface area (Å²) in [7, 11) is 0. The zero-order chi connectivity index (χ0) is 10.8. The molecule has 1 aliphatic rings. The van der Waals surface area contributed by atoms with Crippen molar-refractivity contribution >= 4 is 23.2 Å². The van der Waals surface area contributed by atoms with Crippen molar-refractivity contribution in [3.8, 4) is 5.75 Å². The Morgan fingerprint density at radius 3 is 3.00 bits per heavy atom. The molecule has 2 rings (SSSR count). The summed E-state index contributed by atoms with van der Waals surface area (Å²) in [4.78, 5) is 0. The Labute approximate surface area is 99.5 Å². The lowest BCUT2D eigenvalue weighted by Crippen LogP contribution is -2.23. The summed E-state index contributed by atoms with van der Waals surface area (Å²) < 4.78 is 5.54. The second kappa shape index (κ2) is 4.60. The van der Waals surface area contributed by atoms with Gasteiger partial charge in [-0.15, -0.1) is 0 Å². The van der Waals surface area contributed by atoms with E-state index in [0.29, 0.717) is 16.7 Å². The Hall–Kier alpha value is -0.440. The predicted octanol–water partition coefficient (Wildman–Crippen LogP) is 3.43. The van der Waals surface area contributed by atoms with Gasteiger partial charge in [-0.3, -0.25) is 0 Å². The third-order valence-corrected chi connectivity index (χ3v) is 2.98. The molecule has 1 heterocycles. The first kappa shape index (κ1) is 11.1. The summed E-state index contributed by atoms with van der Waals surface area (Å²) in [5, 5.41) is 4.70. The first-order valence-electron chi connectivity index (χ1n) is 5.07. The normalized spacial score (nSPS) is 18.7. The molecule has 0 saturated carbocycles. The molecule has 0 amide bonds. The molecule has 0 aliphatic carbocycles. The van der Waals surface area contributed by atoms with Crippen LogP contribution in [0, 0.1) is 0 Å². The third-order valence-electron chi connectivity index (χ3n) is 2.45. The Bertz CT molecular complexity index is 368. The van der Waals surface area contributed by atoms with Crippen molar-refractivity contribution in [3.63, 3.8) is 0 Å². The van der Waals surface area contributed by atoms with Crippen molar-refractivity contribution in [3.05, 3.63) is 27.7 Å². The Balaban J connectivity index is 2.25. The average molecular weight is 246 g/mol. The lowest BCUT2D eigenvalue weighted by molar-refractivity contribution is 0.311. The highest BCUT2D eigenvalue weighted by Gasteiger charge is 2.26. The van der Waals surface area contributed by atoms with Gasteiger partial charge in [-0.25, -0.2) is 0 Å². The van der Waals surface area contributed by atoms with Crippen molar-refractivity contribution < 1.29 is 4.74 Å². The topological polar surface area (TPSA) is 21.3 Å². The van der Waals surface area contributed by atoms with Crippen molar-refractivity contribution in [2.45, 2.75) is 19.4 Å². The molecule has 0 fully saturated rings. The molecule has 1 N–H and O–H groups in total. The van der Waals surface area contributed by atoms with E-state index in [4.69, 9.17) is 27.9 Å². The lowest BCUT2D eigenvalue weighted by Gasteiger charge is -2.11. The monoisotopic (exact) mass is 245 g/mol. The first-order valence-corrected chi connectivity index (χ1v) is 5.83. The number of ether oxygens (including phenoxy) is 1. The maximum atomic E-state index is 6.14. The molecule has 1 aliphatic heterocycles. The smallest absolute Gasteiger partial charge is 0.127 e. The van der Waals surface area contributed by atoms with Gasteiger partial charge in [0, 0.05) is 10.6 Å². The Morgan fingerprint density at radius 1 is 1.47 bits per heavy atom. The molecule has 0 spiro atoms. The fraction of sp³-hybridized carbons (Fsp3) is 0.455. The predicted molar refractivity (Wildman–Crippen MR) is 63.0 cm³/mol. The molecule has 1 atom stereocenters. The van der Waals surface area contributed by atoms with E-state index in [2.05, 4.69) is 12.2 Å². The number of fused-ring (bicyclic) bond motifs is 1. The number of benzene rings is 1. The lowest BCUT2D eigenvalue weighted by atomic mass is 10.1. The molecule has 4 heteroatoms. The third kappa shape index (κ3) is 2.22. The maximum Gasteiger partial charge on any atom is 0.127 e. The average Bonchev–Trinajstić information content (AvgIpc) is 2.58. The van der Waals surface area contributed by atoms with Crippen LogP contribution in [-0.4, -0.2) is 13.2 Å². The molecule has 1 unspecified atom stereocenters. The Kier molecular flexibility index (Phi) is 3.39. The second-order valence-corrected chi connectivity index (χ2v) is 4.46. The van der Waals surface area contributed by atoms with Crippen LogP contribution in [-0.2, 0) is 0 Å². The number of halogens is 2. The van der Waals surface area contributed by atoms with Crippen LogP contribution >= 0.6 is 23.2 Å². The largest absolute Gasteiger partial charge is 0.491 e. The van der Waals surface area contributed by atoms with E-state index in [1.165, 1.54) is 0 Å². The quantitative estimate of drug-likeness (QED) is 0.882. The van der Waals surface area contributed by atoms with Crippen LogP contribution in [0.15, 0.2) is 12.1 Å². The minimum atomic E-state index is 0.199. The zero-order valence-corrected chi connectivity index (χ0v) is 10.0. The van der Waals surface area contributed by atoms with E-state index in [9.17, 15) is 0 Å². The molecule has 0 saturated heterocycles. The zero-order valence-electron chi connectivity index (χ0n) is 8.52. The van der Waals surface area contributed by atoms with Gasteiger partial charge in [0.1, 0.15) is 12.4 Å². The second-order valence-electron chi connectivity index (χ2n) is 3.62. The fourth-order valence-corrected chi connectivity index (χ4v) is 2.36. The van der Waals surface area contributed by atoms with E-state index >= 15 is 0 Å². The molecular formula is C11H13Cl2NO. The van der Waals surface area contributed by atoms with Crippen molar-refractivity contribution in [2.24, 2.45) is 0 Å². The molecule has 0 aromatic heterocycles. The van der Waals surface area contributed by atoms with Crippen molar-refractivity contribution in [2.75, 3.05) is 13.2 Å². The maximum absolute atomic E-state index is 6.14. The molecule has 1 aromatic carbocycles. The number of hydrogen-bond acceptors (Lipinski definition) is 2. The van der Waals surface area contributed by atoms with Gasteiger partial charge >= 0.3 is 0 Å². The van der Waals surface area contributed by atoms with E-state index in [0.717, 1.165) is 24.3 Å². The van der Waals surface area contributed by atoms with Crippen molar-refractivity contribution in [1.29, 1.82) is 0 Å². The van der Waals surface area contributed by atoms with Crippen LogP contribution in [0.4, 0.5) is 0 Å². The summed E-state index contributed by atoms with van der Waals surface area (Å²) in [6.45, 7) is 3.73. The van der Waals surface area contributed by atoms with Gasteiger partial charge in [0.05, 0.1) is 11.1 Å².